The van der Waals surface area contributed by atoms with Crippen molar-refractivity contribution in [3.63, 3.8) is 0 Å². The molecule has 0 radical (unpaired) electrons. The Kier molecular flexibility index (Phi) is 6.41. The zero-order valence-corrected chi connectivity index (χ0v) is 17.3. The minimum absolute atomic E-state index is 0.125. The molecule has 6 nitrogen and oxygen atoms in total. The average Bonchev–Trinajstić information content (AvgIpc) is 2.67. The summed E-state index contributed by atoms with van der Waals surface area (Å²) in [6, 6.07) is 17.6. The molecule has 1 saturated heterocycles. The van der Waals surface area contributed by atoms with Gasteiger partial charge in [-0.15, -0.1) is 0 Å². The van der Waals surface area contributed by atoms with Crippen LogP contribution in [0, 0.1) is 11.8 Å². The third kappa shape index (κ3) is 5.16. The van der Waals surface area contributed by atoms with Crippen LogP contribution in [0.5, 0.6) is 0 Å². The molecule has 0 spiro atoms. The molecule has 1 atom stereocenters. The standard InChI is InChI=1S/C23H25BO6/c1-23(2)29-21(26)19(22(27)30-23)20(25)18(14-24(3)28)13-15-9-11-17(12-10-15)16-7-5-4-6-8-16/h4-12,18-19,28H,13-14H2,1-3H3/t18-/m0/s1. The largest absolute Gasteiger partial charge is 0.451 e. The Morgan fingerprint density at radius 1 is 1.00 bits per heavy atom. The van der Waals surface area contributed by atoms with Crippen molar-refractivity contribution in [1.82, 2.24) is 0 Å². The topological polar surface area (TPSA) is 89.9 Å². The molecule has 1 N–H and O–H groups in total. The number of cyclic esters (lactones) is 2. The van der Waals surface area contributed by atoms with Gasteiger partial charge >= 0.3 is 11.9 Å². The lowest BCUT2D eigenvalue weighted by atomic mass is 9.61. The highest BCUT2D eigenvalue weighted by atomic mass is 16.7. The summed E-state index contributed by atoms with van der Waals surface area (Å²) in [6.45, 7) is 3.67. The number of hydrogen-bond acceptors (Lipinski definition) is 6. The van der Waals surface area contributed by atoms with Crippen molar-refractivity contribution in [2.45, 2.75) is 39.2 Å². The molecule has 1 aliphatic heterocycles. The van der Waals surface area contributed by atoms with Gasteiger partial charge in [0.05, 0.1) is 0 Å². The number of Topliss-reactive ketones (excluding diaryl/α,β-unsaturated/α-hetero) is 1. The molecule has 1 fully saturated rings. The van der Waals surface area contributed by atoms with Gasteiger partial charge in [-0.25, -0.2) is 0 Å². The minimum Gasteiger partial charge on any atom is -0.451 e. The van der Waals surface area contributed by atoms with Gasteiger partial charge in [0.1, 0.15) is 0 Å². The Hall–Kier alpha value is -2.93. The summed E-state index contributed by atoms with van der Waals surface area (Å²) in [5.41, 5.74) is 2.99. The Bertz CT molecular complexity index is 900. The predicted molar refractivity (Wildman–Crippen MR) is 112 cm³/mol. The second-order valence-corrected chi connectivity index (χ2v) is 8.13. The molecule has 2 aromatic carbocycles. The summed E-state index contributed by atoms with van der Waals surface area (Å²) >= 11 is 0. The lowest BCUT2D eigenvalue weighted by Gasteiger charge is -2.33. The van der Waals surface area contributed by atoms with Crippen LogP contribution >= 0.6 is 0 Å². The first-order chi connectivity index (χ1) is 14.2. The van der Waals surface area contributed by atoms with E-state index in [1.54, 1.807) is 6.82 Å². The van der Waals surface area contributed by atoms with Crippen molar-refractivity contribution in [3.05, 3.63) is 60.2 Å². The van der Waals surface area contributed by atoms with E-state index in [1.807, 2.05) is 54.6 Å². The van der Waals surface area contributed by atoms with E-state index >= 15 is 0 Å². The summed E-state index contributed by atoms with van der Waals surface area (Å²) < 4.78 is 10.2. The van der Waals surface area contributed by atoms with E-state index in [0.717, 1.165) is 16.7 Å². The Morgan fingerprint density at radius 2 is 1.53 bits per heavy atom. The van der Waals surface area contributed by atoms with Gasteiger partial charge < -0.3 is 14.5 Å². The molecule has 0 amide bonds. The van der Waals surface area contributed by atoms with E-state index in [4.69, 9.17) is 9.47 Å². The van der Waals surface area contributed by atoms with Gasteiger partial charge in [-0.1, -0.05) is 61.4 Å². The fourth-order valence-electron chi connectivity index (χ4n) is 3.65. The van der Waals surface area contributed by atoms with Gasteiger partial charge in [0.25, 0.3) is 12.7 Å². The molecule has 3 rings (SSSR count). The van der Waals surface area contributed by atoms with Gasteiger partial charge in [0.2, 0.25) is 5.92 Å². The van der Waals surface area contributed by atoms with Crippen LogP contribution < -0.4 is 0 Å². The zero-order valence-electron chi connectivity index (χ0n) is 17.3. The summed E-state index contributed by atoms with van der Waals surface area (Å²) in [4.78, 5) is 37.6. The lowest BCUT2D eigenvalue weighted by molar-refractivity contribution is -0.238. The van der Waals surface area contributed by atoms with E-state index in [1.165, 1.54) is 13.8 Å². The number of hydrogen-bond donors (Lipinski definition) is 1. The van der Waals surface area contributed by atoms with E-state index in [2.05, 4.69) is 0 Å². The SMILES string of the molecule is CB(O)C[C@H](Cc1ccc(-c2ccccc2)cc1)C(=O)C1C(=O)OC(C)(C)OC1=O. The van der Waals surface area contributed by atoms with Crippen LogP contribution in [0.25, 0.3) is 11.1 Å². The van der Waals surface area contributed by atoms with Crippen LogP contribution in [0.4, 0.5) is 0 Å². The second kappa shape index (κ2) is 8.84. The first-order valence-corrected chi connectivity index (χ1v) is 9.98. The molecule has 0 saturated carbocycles. The first-order valence-electron chi connectivity index (χ1n) is 9.98. The number of carbonyl (C=O) groups excluding carboxylic acids is 3. The molecule has 7 heteroatoms. The number of carbonyl (C=O) groups is 3. The number of esters is 2. The number of rotatable bonds is 7. The van der Waals surface area contributed by atoms with Crippen LogP contribution in [-0.4, -0.2) is 35.4 Å². The highest BCUT2D eigenvalue weighted by molar-refractivity contribution is 6.49. The maximum absolute atomic E-state index is 13.0. The van der Waals surface area contributed by atoms with Crippen molar-refractivity contribution in [2.75, 3.05) is 0 Å². The van der Waals surface area contributed by atoms with E-state index in [9.17, 15) is 19.4 Å². The fourth-order valence-corrected chi connectivity index (χ4v) is 3.65. The minimum atomic E-state index is -1.62. The number of ketones is 1. The van der Waals surface area contributed by atoms with Crippen molar-refractivity contribution >= 4 is 24.6 Å². The van der Waals surface area contributed by atoms with Crippen molar-refractivity contribution in [3.8, 4) is 11.1 Å². The zero-order chi connectivity index (χ0) is 21.9. The van der Waals surface area contributed by atoms with Gasteiger partial charge in [-0.2, -0.15) is 0 Å². The van der Waals surface area contributed by atoms with Crippen molar-refractivity contribution in [1.29, 1.82) is 0 Å². The van der Waals surface area contributed by atoms with Crippen LogP contribution in [0.15, 0.2) is 54.6 Å². The molecule has 156 valence electrons. The van der Waals surface area contributed by atoms with Gasteiger partial charge in [-0.05, 0) is 29.4 Å². The monoisotopic (exact) mass is 408 g/mol. The van der Waals surface area contributed by atoms with Gasteiger partial charge in [-0.3, -0.25) is 14.4 Å². The summed E-state index contributed by atoms with van der Waals surface area (Å²) in [6.07, 6.45) is 0.416. The Labute approximate surface area is 176 Å². The quantitative estimate of drug-likeness (QED) is 0.430. The van der Waals surface area contributed by atoms with E-state index in [-0.39, 0.29) is 6.32 Å². The number of benzene rings is 2. The summed E-state index contributed by atoms with van der Waals surface area (Å²) in [7, 11) is 0. The highest BCUT2D eigenvalue weighted by Gasteiger charge is 2.49. The fraction of sp³-hybridized carbons (Fsp3) is 0.348. The molecule has 0 aliphatic carbocycles. The van der Waals surface area contributed by atoms with Gasteiger partial charge in [0.15, 0.2) is 5.78 Å². The van der Waals surface area contributed by atoms with Gasteiger partial charge in [0, 0.05) is 19.8 Å². The van der Waals surface area contributed by atoms with Crippen molar-refractivity contribution < 1.29 is 28.9 Å². The third-order valence-corrected chi connectivity index (χ3v) is 5.02. The molecule has 30 heavy (non-hydrogen) atoms. The van der Waals surface area contributed by atoms with Crippen molar-refractivity contribution in [2.24, 2.45) is 11.8 Å². The first kappa shape index (κ1) is 21.8. The molecule has 0 unspecified atom stereocenters. The molecule has 2 aromatic rings. The Balaban J connectivity index is 1.78. The normalized spacial score (nSPS) is 17.1. The molecule has 0 aromatic heterocycles. The second-order valence-electron chi connectivity index (χ2n) is 8.13. The van der Waals surface area contributed by atoms with Crippen LogP contribution in [0.3, 0.4) is 0 Å². The molecular formula is C23H25BO6. The lowest BCUT2D eigenvalue weighted by Crippen LogP contribution is -2.50. The molecule has 0 bridgehead atoms. The van der Waals surface area contributed by atoms with E-state index < -0.39 is 42.3 Å². The van der Waals surface area contributed by atoms with Crippen LogP contribution in [0.2, 0.25) is 13.1 Å². The third-order valence-electron chi connectivity index (χ3n) is 5.02. The molecule has 1 aliphatic rings. The smallest absolute Gasteiger partial charge is 0.331 e. The van der Waals surface area contributed by atoms with Crippen LogP contribution in [0.1, 0.15) is 19.4 Å². The van der Waals surface area contributed by atoms with E-state index in [0.29, 0.717) is 6.42 Å². The number of ether oxygens (including phenoxy) is 2. The maximum atomic E-state index is 13.0. The Morgan fingerprint density at radius 3 is 2.07 bits per heavy atom. The summed E-state index contributed by atoms with van der Waals surface area (Å²) in [5.74, 6) is -6.14. The van der Waals surface area contributed by atoms with Crippen LogP contribution in [-0.2, 0) is 30.3 Å². The molecule has 1 heterocycles. The molecular weight excluding hydrogens is 383 g/mol. The highest BCUT2D eigenvalue weighted by Crippen LogP contribution is 2.29. The predicted octanol–water partition coefficient (Wildman–Crippen LogP) is 3.15. The maximum Gasteiger partial charge on any atom is 0.331 e. The summed E-state index contributed by atoms with van der Waals surface area (Å²) in [5, 5.41) is 9.87. The average molecular weight is 408 g/mol.